The lowest BCUT2D eigenvalue weighted by Gasteiger charge is -2.26. The summed E-state index contributed by atoms with van der Waals surface area (Å²) >= 11 is 11.9. The molecule has 1 aromatic carbocycles. The minimum Gasteiger partial charge on any atom is -0.482 e. The van der Waals surface area contributed by atoms with Crippen LogP contribution in [0.4, 0.5) is 0 Å². The summed E-state index contributed by atoms with van der Waals surface area (Å²) in [4.78, 5) is 25.7. The van der Waals surface area contributed by atoms with Crippen molar-refractivity contribution in [1.82, 2.24) is 4.90 Å². The van der Waals surface area contributed by atoms with E-state index in [0.29, 0.717) is 22.3 Å². The van der Waals surface area contributed by atoms with Crippen molar-refractivity contribution >= 4 is 35.1 Å². The van der Waals surface area contributed by atoms with Crippen LogP contribution in [0.5, 0.6) is 5.75 Å². The molecule has 7 heteroatoms. The van der Waals surface area contributed by atoms with Crippen molar-refractivity contribution in [1.29, 1.82) is 0 Å². The van der Waals surface area contributed by atoms with Crippen LogP contribution in [-0.2, 0) is 14.3 Å². The Morgan fingerprint density at radius 3 is 2.38 bits per heavy atom. The van der Waals surface area contributed by atoms with Gasteiger partial charge in [-0.1, -0.05) is 44.0 Å². The van der Waals surface area contributed by atoms with Crippen molar-refractivity contribution in [3.63, 3.8) is 0 Å². The molecule has 0 bridgehead atoms. The van der Waals surface area contributed by atoms with E-state index in [1.807, 2.05) is 13.8 Å². The van der Waals surface area contributed by atoms with Gasteiger partial charge < -0.3 is 14.4 Å². The molecule has 0 spiro atoms. The monoisotopic (exact) mass is 375 g/mol. The van der Waals surface area contributed by atoms with Gasteiger partial charge in [-0.25, -0.2) is 0 Å². The number of hydrogen-bond acceptors (Lipinski definition) is 4. The first kappa shape index (κ1) is 20.6. The normalized spacial score (nSPS) is 12.0. The van der Waals surface area contributed by atoms with Crippen molar-refractivity contribution in [3.8, 4) is 5.75 Å². The second-order valence-electron chi connectivity index (χ2n) is 5.98. The maximum Gasteiger partial charge on any atom is 0.310 e. The molecule has 0 fully saturated rings. The summed E-state index contributed by atoms with van der Waals surface area (Å²) in [7, 11) is 1.33. The third-order valence-electron chi connectivity index (χ3n) is 3.28. The van der Waals surface area contributed by atoms with Gasteiger partial charge in [0, 0.05) is 18.1 Å². The standard InChI is InChI=1S/C17H23Cl2NO4/c1-11(2)8-20(9-12(3)17(22)23-4)16(21)10-24-15-6-5-13(18)7-14(15)19/h5-7,11-12H,8-10H2,1-4H3. The molecular weight excluding hydrogens is 353 g/mol. The fourth-order valence-electron chi connectivity index (χ4n) is 2.15. The molecule has 1 unspecified atom stereocenters. The maximum atomic E-state index is 12.5. The number of ether oxygens (including phenoxy) is 2. The molecule has 1 atom stereocenters. The van der Waals surface area contributed by atoms with Crippen LogP contribution in [-0.4, -0.2) is 43.6 Å². The average molecular weight is 376 g/mol. The number of nitrogens with zero attached hydrogens (tertiary/aromatic N) is 1. The molecule has 134 valence electrons. The van der Waals surface area contributed by atoms with E-state index in [9.17, 15) is 9.59 Å². The van der Waals surface area contributed by atoms with Crippen LogP contribution in [0, 0.1) is 11.8 Å². The lowest BCUT2D eigenvalue weighted by molar-refractivity contribution is -0.146. The SMILES string of the molecule is COC(=O)C(C)CN(CC(C)C)C(=O)COc1ccc(Cl)cc1Cl. The van der Waals surface area contributed by atoms with E-state index >= 15 is 0 Å². The zero-order valence-electron chi connectivity index (χ0n) is 14.3. The second-order valence-corrected chi connectivity index (χ2v) is 6.82. The highest BCUT2D eigenvalue weighted by Crippen LogP contribution is 2.27. The number of amides is 1. The molecule has 0 aliphatic rings. The van der Waals surface area contributed by atoms with Crippen LogP contribution in [0.3, 0.4) is 0 Å². The Hall–Kier alpha value is -1.46. The minimum atomic E-state index is -0.406. The average Bonchev–Trinajstić information content (AvgIpc) is 2.51. The third-order valence-corrected chi connectivity index (χ3v) is 3.81. The Morgan fingerprint density at radius 1 is 1.17 bits per heavy atom. The molecule has 0 aliphatic carbocycles. The number of methoxy groups -OCH3 is 1. The van der Waals surface area contributed by atoms with E-state index in [4.69, 9.17) is 32.7 Å². The summed E-state index contributed by atoms with van der Waals surface area (Å²) in [5, 5.41) is 0.834. The first-order valence-electron chi connectivity index (χ1n) is 7.68. The Bertz CT molecular complexity index is 578. The summed E-state index contributed by atoms with van der Waals surface area (Å²) in [5.41, 5.74) is 0. The predicted octanol–water partition coefficient (Wildman–Crippen LogP) is 3.67. The molecule has 0 aliphatic heterocycles. The first-order chi connectivity index (χ1) is 11.2. The Kier molecular flexibility index (Phi) is 8.36. The summed E-state index contributed by atoms with van der Waals surface area (Å²) in [6.45, 7) is 6.37. The lowest BCUT2D eigenvalue weighted by atomic mass is 10.1. The second kappa shape index (κ2) is 9.74. The van der Waals surface area contributed by atoms with Gasteiger partial charge in [0.1, 0.15) is 5.75 Å². The summed E-state index contributed by atoms with van der Waals surface area (Å²) in [5.74, 6) is -0.321. The lowest BCUT2D eigenvalue weighted by Crippen LogP contribution is -2.41. The van der Waals surface area contributed by atoms with E-state index in [1.54, 1.807) is 30.0 Å². The zero-order valence-corrected chi connectivity index (χ0v) is 15.9. The van der Waals surface area contributed by atoms with Gasteiger partial charge >= 0.3 is 5.97 Å². The molecule has 5 nitrogen and oxygen atoms in total. The van der Waals surface area contributed by atoms with Crippen molar-refractivity contribution in [2.24, 2.45) is 11.8 Å². The van der Waals surface area contributed by atoms with Gasteiger partial charge in [-0.15, -0.1) is 0 Å². The molecule has 0 radical (unpaired) electrons. The number of benzene rings is 1. The van der Waals surface area contributed by atoms with Gasteiger partial charge in [-0.2, -0.15) is 0 Å². The van der Waals surface area contributed by atoms with Crippen molar-refractivity contribution in [3.05, 3.63) is 28.2 Å². The highest BCUT2D eigenvalue weighted by Gasteiger charge is 2.22. The summed E-state index contributed by atoms with van der Waals surface area (Å²) in [6.07, 6.45) is 0. The van der Waals surface area contributed by atoms with E-state index in [2.05, 4.69) is 0 Å². The highest BCUT2D eigenvalue weighted by molar-refractivity contribution is 6.35. The molecule has 24 heavy (non-hydrogen) atoms. The van der Waals surface area contributed by atoms with Crippen molar-refractivity contribution < 1.29 is 19.1 Å². The minimum absolute atomic E-state index is 0.165. The molecule has 0 saturated carbocycles. The molecule has 0 aromatic heterocycles. The van der Waals surface area contributed by atoms with Crippen LogP contribution >= 0.6 is 23.2 Å². The van der Waals surface area contributed by atoms with E-state index in [-0.39, 0.29) is 30.9 Å². The quantitative estimate of drug-likeness (QED) is 0.650. The topological polar surface area (TPSA) is 55.8 Å². The number of carbonyl (C=O) groups excluding carboxylic acids is 2. The number of carbonyl (C=O) groups is 2. The number of halogens is 2. The van der Waals surface area contributed by atoms with Crippen LogP contribution in [0.1, 0.15) is 20.8 Å². The first-order valence-corrected chi connectivity index (χ1v) is 8.43. The predicted molar refractivity (Wildman–Crippen MR) is 94.6 cm³/mol. The number of hydrogen-bond donors (Lipinski definition) is 0. The molecule has 0 N–H and O–H groups in total. The third kappa shape index (κ3) is 6.57. The van der Waals surface area contributed by atoms with Crippen LogP contribution in [0.25, 0.3) is 0 Å². The highest BCUT2D eigenvalue weighted by atomic mass is 35.5. The molecule has 1 aromatic rings. The molecule has 0 saturated heterocycles. The van der Waals surface area contributed by atoms with Gasteiger partial charge in [-0.3, -0.25) is 9.59 Å². The Labute approximate surface area is 152 Å². The number of rotatable bonds is 8. The molecular formula is C17H23Cl2NO4. The summed E-state index contributed by atoms with van der Waals surface area (Å²) in [6, 6.07) is 4.80. The van der Waals surface area contributed by atoms with Gasteiger partial charge in [0.05, 0.1) is 18.1 Å². The Morgan fingerprint density at radius 2 is 1.83 bits per heavy atom. The van der Waals surface area contributed by atoms with Crippen LogP contribution in [0.15, 0.2) is 18.2 Å². The van der Waals surface area contributed by atoms with E-state index in [1.165, 1.54) is 7.11 Å². The largest absolute Gasteiger partial charge is 0.482 e. The molecule has 1 rings (SSSR count). The van der Waals surface area contributed by atoms with Crippen molar-refractivity contribution in [2.45, 2.75) is 20.8 Å². The zero-order chi connectivity index (χ0) is 18.3. The van der Waals surface area contributed by atoms with E-state index in [0.717, 1.165) is 0 Å². The molecule has 1 amide bonds. The molecule has 0 heterocycles. The van der Waals surface area contributed by atoms with Gasteiger partial charge in [0.2, 0.25) is 0 Å². The fourth-order valence-corrected chi connectivity index (χ4v) is 2.61. The van der Waals surface area contributed by atoms with E-state index < -0.39 is 5.92 Å². The fraction of sp³-hybridized carbons (Fsp3) is 0.529. The number of esters is 1. The Balaban J connectivity index is 2.71. The maximum absolute atomic E-state index is 12.5. The van der Waals surface area contributed by atoms with Crippen LogP contribution in [0.2, 0.25) is 10.0 Å². The summed E-state index contributed by atoms with van der Waals surface area (Å²) < 4.78 is 10.2. The van der Waals surface area contributed by atoms with Gasteiger partial charge in [0.25, 0.3) is 5.91 Å². The van der Waals surface area contributed by atoms with Gasteiger partial charge in [-0.05, 0) is 24.1 Å². The van der Waals surface area contributed by atoms with Crippen LogP contribution < -0.4 is 4.74 Å². The smallest absolute Gasteiger partial charge is 0.310 e. The van der Waals surface area contributed by atoms with Gasteiger partial charge in [0.15, 0.2) is 6.61 Å². The van der Waals surface area contributed by atoms with Crippen molar-refractivity contribution in [2.75, 3.05) is 26.8 Å².